The molecule has 1 amide bonds. The zero-order chi connectivity index (χ0) is 14.8. The molecule has 2 N–H and O–H groups in total. The summed E-state index contributed by atoms with van der Waals surface area (Å²) in [5, 5.41) is 16.6. The van der Waals surface area contributed by atoms with Gasteiger partial charge in [-0.2, -0.15) is 0 Å². The fourth-order valence-corrected chi connectivity index (χ4v) is 3.49. The third-order valence-corrected chi connectivity index (χ3v) is 4.75. The smallest absolute Gasteiger partial charge is 0.264 e. The minimum Gasteiger partial charge on any atom is -0.396 e. The molecule has 112 valence electrons. The van der Waals surface area contributed by atoms with Gasteiger partial charge in [0.25, 0.3) is 5.91 Å². The lowest BCUT2D eigenvalue weighted by Gasteiger charge is -2.26. The number of hydrogen-bond donors (Lipinski definition) is 2. The van der Waals surface area contributed by atoms with Gasteiger partial charge in [-0.1, -0.05) is 38.1 Å². The molecule has 1 aliphatic carbocycles. The SMILES string of the molecule is CC(C)(C)c1nnsc1C(=O)NCC1(CO)CCCC1. The van der Waals surface area contributed by atoms with Crippen molar-refractivity contribution in [1.29, 1.82) is 0 Å². The molecule has 1 heterocycles. The summed E-state index contributed by atoms with van der Waals surface area (Å²) in [4.78, 5) is 12.9. The van der Waals surface area contributed by atoms with E-state index >= 15 is 0 Å². The van der Waals surface area contributed by atoms with E-state index in [0.29, 0.717) is 11.4 Å². The first kappa shape index (κ1) is 15.4. The number of amides is 1. The molecule has 0 spiro atoms. The Kier molecular flexibility index (Phi) is 4.44. The van der Waals surface area contributed by atoms with Crippen LogP contribution in [-0.2, 0) is 5.41 Å². The highest BCUT2D eigenvalue weighted by molar-refractivity contribution is 7.08. The lowest BCUT2D eigenvalue weighted by molar-refractivity contribution is 0.0882. The number of rotatable bonds is 4. The van der Waals surface area contributed by atoms with Gasteiger partial charge >= 0.3 is 0 Å². The maximum atomic E-state index is 12.3. The van der Waals surface area contributed by atoms with Crippen molar-refractivity contribution in [2.45, 2.75) is 51.9 Å². The first-order chi connectivity index (χ1) is 9.38. The molecule has 0 aliphatic heterocycles. The fourth-order valence-electron chi connectivity index (χ4n) is 2.69. The Balaban J connectivity index is 2.04. The van der Waals surface area contributed by atoms with Gasteiger partial charge in [0.2, 0.25) is 0 Å². The van der Waals surface area contributed by atoms with Crippen molar-refractivity contribution in [2.24, 2.45) is 5.41 Å². The Labute approximate surface area is 123 Å². The molecule has 0 saturated heterocycles. The van der Waals surface area contributed by atoms with Crippen molar-refractivity contribution in [2.75, 3.05) is 13.2 Å². The third-order valence-electron chi connectivity index (χ3n) is 4.03. The maximum absolute atomic E-state index is 12.3. The molecule has 1 aromatic rings. The summed E-state index contributed by atoms with van der Waals surface area (Å²) >= 11 is 1.14. The lowest BCUT2D eigenvalue weighted by atomic mass is 9.87. The van der Waals surface area contributed by atoms with E-state index in [-0.39, 0.29) is 23.3 Å². The summed E-state index contributed by atoms with van der Waals surface area (Å²) in [5.74, 6) is -0.121. The van der Waals surface area contributed by atoms with Crippen LogP contribution < -0.4 is 5.32 Å². The monoisotopic (exact) mass is 297 g/mol. The van der Waals surface area contributed by atoms with E-state index < -0.39 is 0 Å². The van der Waals surface area contributed by atoms with Crippen molar-refractivity contribution >= 4 is 17.4 Å². The predicted octanol–water partition coefficient (Wildman–Crippen LogP) is 2.12. The lowest BCUT2D eigenvalue weighted by Crippen LogP contribution is -2.38. The minimum atomic E-state index is -0.193. The van der Waals surface area contributed by atoms with Crippen molar-refractivity contribution in [3.63, 3.8) is 0 Å². The van der Waals surface area contributed by atoms with Crippen LogP contribution in [0.2, 0.25) is 0 Å². The standard InChI is InChI=1S/C14H23N3O2S/c1-13(2,3)11-10(20-17-16-11)12(19)15-8-14(9-18)6-4-5-7-14/h18H,4-9H2,1-3H3,(H,15,19). The Hall–Kier alpha value is -1.01. The molecule has 2 rings (SSSR count). The van der Waals surface area contributed by atoms with Crippen LogP contribution in [0.15, 0.2) is 0 Å². The number of aliphatic hydroxyl groups excluding tert-OH is 1. The van der Waals surface area contributed by atoms with Crippen molar-refractivity contribution < 1.29 is 9.90 Å². The van der Waals surface area contributed by atoms with Gasteiger partial charge in [0.05, 0.1) is 12.3 Å². The third kappa shape index (κ3) is 3.17. The Bertz CT molecular complexity index is 473. The van der Waals surface area contributed by atoms with E-state index in [0.717, 1.165) is 42.9 Å². The maximum Gasteiger partial charge on any atom is 0.264 e. The number of carbonyl (C=O) groups is 1. The van der Waals surface area contributed by atoms with Gasteiger partial charge in [0.1, 0.15) is 4.88 Å². The van der Waals surface area contributed by atoms with Gasteiger partial charge in [0.15, 0.2) is 0 Å². The summed E-state index contributed by atoms with van der Waals surface area (Å²) in [6.45, 7) is 6.73. The zero-order valence-electron chi connectivity index (χ0n) is 12.4. The quantitative estimate of drug-likeness (QED) is 0.892. The van der Waals surface area contributed by atoms with Gasteiger partial charge in [-0.05, 0) is 24.4 Å². The number of hydrogen-bond acceptors (Lipinski definition) is 5. The number of carbonyl (C=O) groups excluding carboxylic acids is 1. The van der Waals surface area contributed by atoms with Crippen LogP contribution in [-0.4, -0.2) is 33.8 Å². The summed E-state index contributed by atoms with van der Waals surface area (Å²) < 4.78 is 3.91. The van der Waals surface area contributed by atoms with E-state index in [9.17, 15) is 9.90 Å². The van der Waals surface area contributed by atoms with Crippen molar-refractivity contribution in [1.82, 2.24) is 14.9 Å². The van der Waals surface area contributed by atoms with Gasteiger partial charge in [0, 0.05) is 17.4 Å². The van der Waals surface area contributed by atoms with Crippen LogP contribution in [0.3, 0.4) is 0 Å². The summed E-state index contributed by atoms with van der Waals surface area (Å²) in [7, 11) is 0. The van der Waals surface area contributed by atoms with Gasteiger partial charge in [-0.25, -0.2) is 0 Å². The Morgan fingerprint density at radius 1 is 1.40 bits per heavy atom. The predicted molar refractivity (Wildman–Crippen MR) is 78.9 cm³/mol. The fraction of sp³-hybridized carbons (Fsp3) is 0.786. The number of nitrogens with zero attached hydrogens (tertiary/aromatic N) is 2. The largest absolute Gasteiger partial charge is 0.396 e. The van der Waals surface area contributed by atoms with Crippen LogP contribution >= 0.6 is 11.5 Å². The number of aromatic nitrogens is 2. The second kappa shape index (κ2) is 5.77. The average Bonchev–Trinajstić information content (AvgIpc) is 3.05. The molecule has 0 radical (unpaired) electrons. The van der Waals surface area contributed by atoms with Crippen LogP contribution in [0.4, 0.5) is 0 Å². The molecule has 1 aromatic heterocycles. The zero-order valence-corrected chi connectivity index (χ0v) is 13.2. The first-order valence-electron chi connectivity index (χ1n) is 7.10. The molecule has 5 nitrogen and oxygen atoms in total. The van der Waals surface area contributed by atoms with Gasteiger partial charge in [-0.3, -0.25) is 4.79 Å². The molecule has 0 aromatic carbocycles. The van der Waals surface area contributed by atoms with E-state index in [1.54, 1.807) is 0 Å². The molecule has 0 atom stereocenters. The topological polar surface area (TPSA) is 75.1 Å². The first-order valence-corrected chi connectivity index (χ1v) is 7.87. The van der Waals surface area contributed by atoms with Crippen molar-refractivity contribution in [3.8, 4) is 0 Å². The molecule has 0 bridgehead atoms. The highest BCUT2D eigenvalue weighted by Gasteiger charge is 2.34. The van der Waals surface area contributed by atoms with Crippen LogP contribution in [0.5, 0.6) is 0 Å². The molecule has 1 saturated carbocycles. The summed E-state index contributed by atoms with van der Waals surface area (Å²) in [6, 6.07) is 0. The average molecular weight is 297 g/mol. The van der Waals surface area contributed by atoms with E-state index in [1.165, 1.54) is 0 Å². The summed E-state index contributed by atoms with van der Waals surface area (Å²) in [6.07, 6.45) is 4.23. The highest BCUT2D eigenvalue weighted by atomic mass is 32.1. The van der Waals surface area contributed by atoms with Crippen LogP contribution in [0.1, 0.15) is 61.8 Å². The van der Waals surface area contributed by atoms with Crippen LogP contribution in [0.25, 0.3) is 0 Å². The molecule has 1 aliphatic rings. The minimum absolute atomic E-state index is 0.121. The van der Waals surface area contributed by atoms with Crippen LogP contribution in [0, 0.1) is 5.41 Å². The second-order valence-electron chi connectivity index (χ2n) is 6.75. The number of nitrogens with one attached hydrogen (secondary N) is 1. The van der Waals surface area contributed by atoms with Gasteiger partial charge < -0.3 is 10.4 Å². The number of aliphatic hydroxyl groups is 1. The molecule has 20 heavy (non-hydrogen) atoms. The van der Waals surface area contributed by atoms with Crippen molar-refractivity contribution in [3.05, 3.63) is 10.6 Å². The highest BCUT2D eigenvalue weighted by Crippen LogP contribution is 2.37. The van der Waals surface area contributed by atoms with E-state index in [4.69, 9.17) is 0 Å². The summed E-state index contributed by atoms with van der Waals surface area (Å²) in [5.41, 5.74) is 0.418. The Morgan fingerprint density at radius 3 is 2.60 bits per heavy atom. The molecule has 6 heteroatoms. The second-order valence-corrected chi connectivity index (χ2v) is 7.50. The molecular weight excluding hydrogens is 274 g/mol. The van der Waals surface area contributed by atoms with E-state index in [2.05, 4.69) is 14.9 Å². The molecular formula is C14H23N3O2S. The normalized spacial score (nSPS) is 18.2. The van der Waals surface area contributed by atoms with Gasteiger partial charge in [-0.15, -0.1) is 5.10 Å². The molecule has 0 unspecified atom stereocenters. The molecule has 1 fully saturated rings. The Morgan fingerprint density at radius 2 is 2.05 bits per heavy atom. The van der Waals surface area contributed by atoms with E-state index in [1.807, 2.05) is 20.8 Å².